The van der Waals surface area contributed by atoms with Gasteiger partial charge in [-0.15, -0.1) is 10.2 Å². The number of para-hydroxylation sites is 1. The van der Waals surface area contributed by atoms with E-state index < -0.39 is 6.10 Å². The Kier molecular flexibility index (Phi) is 7.52. The van der Waals surface area contributed by atoms with Crippen molar-refractivity contribution in [2.75, 3.05) is 19.5 Å². The van der Waals surface area contributed by atoms with Gasteiger partial charge in [-0.25, -0.2) is 0 Å². The first kappa shape index (κ1) is 25.0. The number of aromatic nitrogens is 3. The molecule has 0 fully saturated rings. The molecule has 1 N–H and O–H groups in total. The fraction of sp³-hybridized carbons (Fsp3) is 0.222. The molecule has 5 rings (SSSR count). The summed E-state index contributed by atoms with van der Waals surface area (Å²) in [7, 11) is 1.61. The second-order valence-corrected chi connectivity index (χ2v) is 9.73. The standard InChI is InChI=1S/C27H25ClN4O4S/c1-17(36-20-10-8-18(28)9-11-20)26-30-31-27(32(26)19-6-4-3-5-7-19)37-16-25(33)29-23-15-35-24-13-12-21(34-2)14-22(23)24/h3-14,17,23H,15-16H2,1-2H3,(H,29,33). The van der Waals surface area contributed by atoms with E-state index in [-0.39, 0.29) is 17.7 Å². The molecule has 0 saturated heterocycles. The number of nitrogens with zero attached hydrogens (tertiary/aromatic N) is 3. The summed E-state index contributed by atoms with van der Waals surface area (Å²) in [5.74, 6) is 2.79. The highest BCUT2D eigenvalue weighted by Gasteiger charge is 2.27. The molecule has 4 aromatic rings. The number of fused-ring (bicyclic) bond motifs is 1. The van der Waals surface area contributed by atoms with Gasteiger partial charge in [-0.1, -0.05) is 41.6 Å². The van der Waals surface area contributed by atoms with Gasteiger partial charge in [-0.2, -0.15) is 0 Å². The van der Waals surface area contributed by atoms with Crippen LogP contribution in [0.5, 0.6) is 17.2 Å². The Morgan fingerprint density at radius 1 is 1.14 bits per heavy atom. The molecule has 8 nitrogen and oxygen atoms in total. The van der Waals surface area contributed by atoms with Crippen molar-refractivity contribution in [2.24, 2.45) is 0 Å². The van der Waals surface area contributed by atoms with Crippen molar-refractivity contribution in [3.8, 4) is 22.9 Å². The third-order valence-electron chi connectivity index (χ3n) is 5.83. The summed E-state index contributed by atoms with van der Waals surface area (Å²) in [6.07, 6.45) is -0.404. The van der Waals surface area contributed by atoms with Crippen LogP contribution in [0.2, 0.25) is 5.02 Å². The predicted octanol–water partition coefficient (Wildman–Crippen LogP) is 5.41. The minimum Gasteiger partial charge on any atom is -0.497 e. The summed E-state index contributed by atoms with van der Waals surface area (Å²) in [6, 6.07) is 22.3. The first-order valence-electron chi connectivity index (χ1n) is 11.7. The number of methoxy groups -OCH3 is 1. The molecule has 190 valence electrons. The molecule has 3 aromatic carbocycles. The van der Waals surface area contributed by atoms with Crippen LogP contribution in [0.4, 0.5) is 0 Å². The van der Waals surface area contributed by atoms with Crippen LogP contribution in [0, 0.1) is 0 Å². The molecule has 0 saturated carbocycles. The van der Waals surface area contributed by atoms with E-state index in [0.29, 0.717) is 28.4 Å². The van der Waals surface area contributed by atoms with Crippen LogP contribution in [0.25, 0.3) is 5.69 Å². The normalized spacial score (nSPS) is 14.9. The highest BCUT2D eigenvalue weighted by Crippen LogP contribution is 2.35. The first-order chi connectivity index (χ1) is 18.0. The van der Waals surface area contributed by atoms with Crippen molar-refractivity contribution < 1.29 is 19.0 Å². The molecule has 2 atom stereocenters. The maximum Gasteiger partial charge on any atom is 0.231 e. The molecule has 0 radical (unpaired) electrons. The number of carbonyl (C=O) groups is 1. The zero-order valence-corrected chi connectivity index (χ0v) is 21.8. The van der Waals surface area contributed by atoms with E-state index >= 15 is 0 Å². The monoisotopic (exact) mass is 536 g/mol. The summed E-state index contributed by atoms with van der Waals surface area (Å²) in [4.78, 5) is 12.9. The van der Waals surface area contributed by atoms with Gasteiger partial charge in [0.1, 0.15) is 23.9 Å². The van der Waals surface area contributed by atoms with Gasteiger partial charge in [0.15, 0.2) is 17.1 Å². The number of ether oxygens (including phenoxy) is 3. The number of nitrogens with one attached hydrogen (secondary N) is 1. The SMILES string of the molecule is COc1ccc2c(c1)C(NC(=O)CSc1nnc(C(C)Oc3ccc(Cl)cc3)n1-c1ccccc1)CO2. The third-order valence-corrected chi connectivity index (χ3v) is 7.01. The van der Waals surface area contributed by atoms with Gasteiger partial charge >= 0.3 is 0 Å². The Morgan fingerprint density at radius 2 is 1.89 bits per heavy atom. The smallest absolute Gasteiger partial charge is 0.231 e. The largest absolute Gasteiger partial charge is 0.497 e. The minimum atomic E-state index is -0.404. The second-order valence-electron chi connectivity index (χ2n) is 8.35. The molecular weight excluding hydrogens is 512 g/mol. The van der Waals surface area contributed by atoms with Crippen LogP contribution in [-0.4, -0.2) is 40.1 Å². The van der Waals surface area contributed by atoms with Crippen LogP contribution in [0.15, 0.2) is 78.0 Å². The number of amides is 1. The summed E-state index contributed by atoms with van der Waals surface area (Å²) in [6.45, 7) is 2.29. The van der Waals surface area contributed by atoms with Gasteiger partial charge in [0, 0.05) is 16.3 Å². The lowest BCUT2D eigenvalue weighted by molar-refractivity contribution is -0.119. The van der Waals surface area contributed by atoms with Gasteiger partial charge in [0.05, 0.1) is 18.9 Å². The average molecular weight is 537 g/mol. The van der Waals surface area contributed by atoms with Crippen molar-refractivity contribution in [3.05, 3.63) is 89.2 Å². The fourth-order valence-electron chi connectivity index (χ4n) is 4.03. The molecule has 1 aliphatic heterocycles. The topological polar surface area (TPSA) is 87.5 Å². The Hall–Kier alpha value is -3.69. The number of rotatable bonds is 9. The Labute approximate surface area is 223 Å². The highest BCUT2D eigenvalue weighted by atomic mass is 35.5. The van der Waals surface area contributed by atoms with Crippen molar-refractivity contribution in [2.45, 2.75) is 24.2 Å². The lowest BCUT2D eigenvalue weighted by atomic mass is 10.1. The molecule has 0 bridgehead atoms. The van der Waals surface area contributed by atoms with E-state index in [1.807, 2.05) is 72.2 Å². The number of carbonyl (C=O) groups excluding carboxylic acids is 1. The van der Waals surface area contributed by atoms with Crippen LogP contribution in [0.3, 0.4) is 0 Å². The van der Waals surface area contributed by atoms with Crippen molar-refractivity contribution in [1.82, 2.24) is 20.1 Å². The Balaban J connectivity index is 1.31. The molecule has 1 aliphatic rings. The van der Waals surface area contributed by atoms with E-state index in [1.54, 1.807) is 19.2 Å². The number of halogens is 1. The quantitative estimate of drug-likeness (QED) is 0.286. The molecule has 1 amide bonds. The molecule has 0 spiro atoms. The van der Waals surface area contributed by atoms with E-state index in [1.165, 1.54) is 11.8 Å². The third kappa shape index (κ3) is 5.68. The lowest BCUT2D eigenvalue weighted by Crippen LogP contribution is -2.30. The van der Waals surface area contributed by atoms with Crippen LogP contribution in [0.1, 0.15) is 30.5 Å². The van der Waals surface area contributed by atoms with Crippen molar-refractivity contribution in [1.29, 1.82) is 0 Å². The summed E-state index contributed by atoms with van der Waals surface area (Å²) in [5, 5.41) is 13.1. The molecule has 0 aliphatic carbocycles. The zero-order chi connectivity index (χ0) is 25.8. The fourth-order valence-corrected chi connectivity index (χ4v) is 4.93. The van der Waals surface area contributed by atoms with Crippen LogP contribution < -0.4 is 19.5 Å². The predicted molar refractivity (Wildman–Crippen MR) is 142 cm³/mol. The summed E-state index contributed by atoms with van der Waals surface area (Å²) < 4.78 is 19.0. The van der Waals surface area contributed by atoms with Crippen LogP contribution in [-0.2, 0) is 4.79 Å². The molecule has 2 unspecified atom stereocenters. The van der Waals surface area contributed by atoms with Crippen molar-refractivity contribution in [3.63, 3.8) is 0 Å². The van der Waals surface area contributed by atoms with E-state index in [0.717, 1.165) is 22.7 Å². The van der Waals surface area contributed by atoms with Gasteiger partial charge in [-0.05, 0) is 61.5 Å². The van der Waals surface area contributed by atoms with E-state index in [2.05, 4.69) is 15.5 Å². The lowest BCUT2D eigenvalue weighted by Gasteiger charge is -2.17. The molecule has 2 heterocycles. The average Bonchev–Trinajstić information content (AvgIpc) is 3.53. The van der Waals surface area contributed by atoms with Gasteiger partial charge < -0.3 is 19.5 Å². The Bertz CT molecular complexity index is 1380. The van der Waals surface area contributed by atoms with Crippen LogP contribution >= 0.6 is 23.4 Å². The zero-order valence-electron chi connectivity index (χ0n) is 20.3. The first-order valence-corrected chi connectivity index (χ1v) is 13.0. The number of thioether (sulfide) groups is 1. The molecule has 10 heteroatoms. The maximum absolute atomic E-state index is 12.9. The number of hydrogen-bond acceptors (Lipinski definition) is 7. The Morgan fingerprint density at radius 3 is 2.65 bits per heavy atom. The van der Waals surface area contributed by atoms with Gasteiger partial charge in [0.2, 0.25) is 5.91 Å². The van der Waals surface area contributed by atoms with Gasteiger partial charge in [-0.3, -0.25) is 9.36 Å². The highest BCUT2D eigenvalue weighted by molar-refractivity contribution is 7.99. The van der Waals surface area contributed by atoms with E-state index in [9.17, 15) is 4.79 Å². The van der Waals surface area contributed by atoms with Gasteiger partial charge in [0.25, 0.3) is 0 Å². The van der Waals surface area contributed by atoms with Crippen molar-refractivity contribution >= 4 is 29.3 Å². The minimum absolute atomic E-state index is 0.135. The summed E-state index contributed by atoms with van der Waals surface area (Å²) >= 11 is 7.30. The second kappa shape index (κ2) is 11.1. The number of benzene rings is 3. The molecule has 37 heavy (non-hydrogen) atoms. The van der Waals surface area contributed by atoms with E-state index in [4.69, 9.17) is 25.8 Å². The number of hydrogen-bond donors (Lipinski definition) is 1. The molecular formula is C27H25ClN4O4S. The summed E-state index contributed by atoms with van der Waals surface area (Å²) in [5.41, 5.74) is 1.78. The molecule has 1 aromatic heterocycles. The maximum atomic E-state index is 12.9.